The van der Waals surface area contributed by atoms with Crippen LogP contribution in [0.5, 0.6) is 0 Å². The molecular formula is C93H115Cl3F9N19O10S. The number of aliphatic hydroxyl groups is 2. The quantitative estimate of drug-likeness (QED) is 0.0486. The number of ether oxygens (including phenoxy) is 2. The average Bonchev–Trinajstić information content (AvgIpc) is 1.67. The van der Waals surface area contributed by atoms with Crippen LogP contribution in [0.3, 0.4) is 0 Å². The number of nitrogens with zero attached hydrogens (tertiary/aromatic N) is 17. The first-order chi connectivity index (χ1) is 63.7. The number of Topliss-reactive ketones (excluding diaryl/α,β-unsaturated/α-hetero) is 3. The number of anilines is 5. The summed E-state index contributed by atoms with van der Waals surface area (Å²) in [6.45, 7) is 27.2. The van der Waals surface area contributed by atoms with E-state index in [1.165, 1.54) is 16.2 Å². The van der Waals surface area contributed by atoms with Crippen molar-refractivity contribution in [3.8, 4) is 5.69 Å². The molecule has 42 heteroatoms. The number of alkyl halides is 9. The molecule has 29 nitrogen and oxygen atoms in total. The summed E-state index contributed by atoms with van der Waals surface area (Å²) in [5.74, 6) is 3.03. The fraction of sp³-hybridized carbons (Fsp3) is 0.559. The van der Waals surface area contributed by atoms with Crippen LogP contribution in [-0.4, -0.2) is 223 Å². The number of hydrogen-bond acceptors (Lipinski definition) is 26. The van der Waals surface area contributed by atoms with E-state index in [9.17, 15) is 73.7 Å². The van der Waals surface area contributed by atoms with Crippen LogP contribution in [0.25, 0.3) is 5.69 Å². The zero-order valence-corrected chi connectivity index (χ0v) is 80.2. The predicted molar refractivity (Wildman–Crippen MR) is 492 cm³/mol. The van der Waals surface area contributed by atoms with Crippen molar-refractivity contribution >= 4 is 104 Å². The molecule has 2 amide bonds. The molecule has 0 bridgehead atoms. The largest absolute Gasteiger partial charge is 0.417 e. The van der Waals surface area contributed by atoms with Crippen molar-refractivity contribution < 1.29 is 87.7 Å². The lowest BCUT2D eigenvalue weighted by molar-refractivity contribution is -0.138. The van der Waals surface area contributed by atoms with E-state index in [-0.39, 0.29) is 110 Å². The highest BCUT2D eigenvalue weighted by Gasteiger charge is 2.44. The summed E-state index contributed by atoms with van der Waals surface area (Å²) in [5.41, 5.74) is 0.334. The van der Waals surface area contributed by atoms with E-state index in [0.29, 0.717) is 111 Å². The number of ketones is 3. The van der Waals surface area contributed by atoms with E-state index >= 15 is 0 Å². The number of carbonyl (C=O) groups excluding carboxylic acids is 5. The van der Waals surface area contributed by atoms with E-state index in [1.54, 1.807) is 33.6 Å². The molecule has 7 atom stereocenters. The van der Waals surface area contributed by atoms with Crippen LogP contribution in [0.15, 0.2) is 108 Å². The molecule has 16 rings (SSSR count). The number of hydrogen-bond donors (Lipinski definition) is 4. The highest BCUT2D eigenvalue weighted by atomic mass is 35.5. The average molecular weight is 1970 g/mol. The Morgan fingerprint density at radius 1 is 0.541 bits per heavy atom. The summed E-state index contributed by atoms with van der Waals surface area (Å²) < 4.78 is 134. The highest BCUT2D eigenvalue weighted by Crippen LogP contribution is 2.41. The van der Waals surface area contributed by atoms with Gasteiger partial charge in [-0.25, -0.2) is 19.6 Å². The van der Waals surface area contributed by atoms with Crippen molar-refractivity contribution in [2.24, 2.45) is 13.0 Å². The summed E-state index contributed by atoms with van der Waals surface area (Å²) in [7, 11) is 1.80. The minimum absolute atomic E-state index is 0.0243. The van der Waals surface area contributed by atoms with Gasteiger partial charge in [-0.3, -0.25) is 54.1 Å². The maximum atomic E-state index is 13.0. The SMILES string of the molecule is CC(C)(C)c1cc(CC(=O)C2CCCN2c2ccc(Cl)cn2)no1.CC(C)(C)c1nnc(NC(=O)[C@@H]2C[C@@H](O)CN2C2CCOCC2)s1.CCc1nc(NC(=O)[C@@H]2C[C@@H](O)CN2CC2CCOCC2)nn1-c1ccccc1.Cn1nc(C(C)(C)C)cc1CC(=O)C1CCCN1c1ncc(C(F)(F)F)cc1Cl.O=C(Cc1ccc(C(F)(F)F)cn1)C1CCCN1c1ncc(C(F)(F)F)cc1Cl. The van der Waals surface area contributed by atoms with Gasteiger partial charge in [-0.1, -0.05) is 139 Å². The number of aryl methyl sites for hydroxylation is 2. The van der Waals surface area contributed by atoms with Gasteiger partial charge >= 0.3 is 18.5 Å². The third-order valence-corrected chi connectivity index (χ3v) is 26.3. The minimum atomic E-state index is -4.59. The van der Waals surface area contributed by atoms with Crippen molar-refractivity contribution in [2.75, 3.05) is 91.0 Å². The maximum Gasteiger partial charge on any atom is 0.417 e. The molecule has 15 heterocycles. The molecule has 9 aromatic rings. The van der Waals surface area contributed by atoms with Crippen molar-refractivity contribution in [3.63, 3.8) is 0 Å². The Morgan fingerprint density at radius 3 is 1.59 bits per heavy atom. The molecule has 0 aliphatic carbocycles. The molecule has 3 unspecified atom stereocenters. The lowest BCUT2D eigenvalue weighted by atomic mass is 9.92. The Bertz CT molecular complexity index is 5490. The zero-order chi connectivity index (χ0) is 97.8. The Hall–Kier alpha value is -9.71. The van der Waals surface area contributed by atoms with Gasteiger partial charge in [0.05, 0.1) is 111 Å². The number of benzene rings is 1. The van der Waals surface area contributed by atoms with Gasteiger partial charge in [-0.2, -0.15) is 49.6 Å². The molecule has 1 aromatic carbocycles. The Kier molecular flexibility index (Phi) is 34.6. The van der Waals surface area contributed by atoms with Crippen LogP contribution in [0, 0.1) is 5.92 Å². The van der Waals surface area contributed by atoms with Crippen molar-refractivity contribution in [2.45, 2.75) is 255 Å². The van der Waals surface area contributed by atoms with Crippen LogP contribution >= 0.6 is 46.1 Å². The molecule has 0 radical (unpaired) electrons. The molecule has 7 fully saturated rings. The lowest BCUT2D eigenvalue weighted by Crippen LogP contribution is -2.47. The Balaban J connectivity index is 0.000000152. The number of nitrogens with one attached hydrogen (secondary N) is 2. The van der Waals surface area contributed by atoms with Gasteiger partial charge in [0.15, 0.2) is 17.3 Å². The van der Waals surface area contributed by atoms with Crippen LogP contribution < -0.4 is 25.3 Å². The topological polar surface area (TPSA) is 336 Å². The number of aliphatic hydroxyl groups excluding tert-OH is 2. The third kappa shape index (κ3) is 27.9. The minimum Gasteiger partial charge on any atom is -0.392 e. The molecule has 4 N–H and O–H groups in total. The molecule has 8 aromatic heterocycles. The number of β-amino-alcohol motifs (C(OH)–C–C–N with tert-alkyl or cyclic N) is 2. The lowest BCUT2D eigenvalue weighted by Gasteiger charge is -2.34. The van der Waals surface area contributed by atoms with Crippen molar-refractivity contribution in [3.05, 3.63) is 175 Å². The Morgan fingerprint density at radius 2 is 1.08 bits per heavy atom. The molecule has 7 aliphatic heterocycles. The first-order valence-corrected chi connectivity index (χ1v) is 47.1. The summed E-state index contributed by atoms with van der Waals surface area (Å²) in [4.78, 5) is 93.9. The molecule has 7 saturated heterocycles. The van der Waals surface area contributed by atoms with Crippen LogP contribution in [0.2, 0.25) is 15.1 Å². The second-order valence-corrected chi connectivity index (χ2v) is 39.9. The number of carbonyl (C=O) groups is 5. The van der Waals surface area contributed by atoms with E-state index in [2.05, 4.69) is 138 Å². The predicted octanol–water partition coefficient (Wildman–Crippen LogP) is 16.3. The number of para-hydroxylation sites is 1. The van der Waals surface area contributed by atoms with Crippen molar-refractivity contribution in [1.82, 2.24) is 69.6 Å². The van der Waals surface area contributed by atoms with Gasteiger partial charge in [0.2, 0.25) is 22.9 Å². The van der Waals surface area contributed by atoms with Gasteiger partial charge in [-0.15, -0.1) is 15.3 Å². The standard InChI is InChI=1S/C21H29N5O3.C20H24ClF3N4O.C18H14ClF6N3O.C18H22ClN3O2.C16H26N4O3S/c1-2-19-22-21(24-26(19)16-6-4-3-5-7-16)23-20(28)18-12-17(27)14-25(18)13-15-8-10-29-11-9-15;1-19(2,3)17-10-13(27(4)26-17)9-16(29)15-6-5-7-28(15)18-14(21)8-12(11-25-18)20(22,23)24;19-13-6-11(18(23,24)25)9-27-16(13)28-5-1-2-14(28)15(29)7-12-4-3-10(8-26-12)17(20,21)22;1-18(2,3)16-10-13(21-24-16)9-15(23)14-5-4-8-22(14)17-7-6-12(19)11-20-17;1-16(2,3)14-18-19-15(24-14)17-13(22)12-8-11(21)9-20(12)10-4-6-23-7-5-10/h3-7,15,17-18,27H,2,8-14H2,1H3,(H,23,24,28);8,10-11,15H,5-7,9H2,1-4H3;3-4,6,8-9,14H,1-2,5,7H2;6-7,10-11,14H,4-5,8-9H2,1-3H3;10-12,21H,4-9H2,1-3H3,(H,17,19,22)/t17-,18+;;;;11-,12+/m1...1/s1. The Labute approximate surface area is 796 Å². The number of pyridine rings is 4. The fourth-order valence-electron chi connectivity index (χ4n) is 17.1. The number of amides is 2. The first kappa shape index (κ1) is 104. The van der Waals surface area contributed by atoms with Gasteiger partial charge < -0.3 is 38.9 Å². The summed E-state index contributed by atoms with van der Waals surface area (Å²) >= 11 is 19.4. The molecule has 0 spiro atoms. The van der Waals surface area contributed by atoms with E-state index < -0.39 is 59.5 Å². The zero-order valence-electron chi connectivity index (χ0n) is 77.1. The molecule has 7 aliphatic rings. The number of halogens is 12. The fourth-order valence-corrected chi connectivity index (χ4v) is 18.5. The van der Waals surface area contributed by atoms with Crippen LogP contribution in [-0.2, 0) is 101 Å². The van der Waals surface area contributed by atoms with Crippen molar-refractivity contribution in [1.29, 1.82) is 0 Å². The van der Waals surface area contributed by atoms with Gasteiger partial charge in [-0.05, 0) is 138 Å². The molecule has 0 saturated carbocycles. The molecular weight excluding hydrogens is 1850 g/mol. The number of aromatic nitrogens is 12. The van der Waals surface area contributed by atoms with Gasteiger partial charge in [0, 0.05) is 144 Å². The van der Waals surface area contributed by atoms with E-state index in [0.717, 1.165) is 154 Å². The second-order valence-electron chi connectivity index (χ2n) is 37.7. The van der Waals surface area contributed by atoms with Gasteiger partial charge in [0.25, 0.3) is 0 Å². The van der Waals surface area contributed by atoms with E-state index in [4.69, 9.17) is 48.8 Å². The highest BCUT2D eigenvalue weighted by molar-refractivity contribution is 7.15. The monoisotopic (exact) mass is 1970 g/mol. The third-order valence-electron chi connectivity index (χ3n) is 24.3. The number of likely N-dealkylation sites (tertiary alicyclic amines) is 2. The maximum absolute atomic E-state index is 13.0. The summed E-state index contributed by atoms with van der Waals surface area (Å²) in [5, 5.41) is 49.0. The molecule has 135 heavy (non-hydrogen) atoms. The summed E-state index contributed by atoms with van der Waals surface area (Å²) in [6, 6.07) is 19.1. The first-order valence-electron chi connectivity index (χ1n) is 45.1. The van der Waals surface area contributed by atoms with Gasteiger partial charge in [0.1, 0.15) is 34.0 Å². The molecule has 732 valence electrons. The second kappa shape index (κ2) is 44.8. The van der Waals surface area contributed by atoms with Crippen LogP contribution in [0.4, 0.5) is 68.0 Å². The van der Waals surface area contributed by atoms with E-state index in [1.807, 2.05) is 55.5 Å². The normalized spacial score (nSPS) is 20.6. The smallest absolute Gasteiger partial charge is 0.392 e. The summed E-state index contributed by atoms with van der Waals surface area (Å²) in [6.07, 6.45) is -0.987. The number of rotatable bonds is 21. The van der Waals surface area contributed by atoms with Crippen LogP contribution in [0.1, 0.15) is 202 Å².